The molecule has 7 nitrogen and oxygen atoms in total. The summed E-state index contributed by atoms with van der Waals surface area (Å²) in [4.78, 5) is 18.0. The van der Waals surface area contributed by atoms with Crippen LogP contribution in [0.15, 0.2) is 54.7 Å². The average molecular weight is 480 g/mol. The third-order valence-corrected chi connectivity index (χ3v) is 8.74. The van der Waals surface area contributed by atoms with Crippen LogP contribution in [0.3, 0.4) is 0 Å². The Morgan fingerprint density at radius 3 is 2.53 bits per heavy atom. The maximum Gasteiger partial charge on any atom is 0.246 e. The minimum Gasteiger partial charge on any atom is -0.497 e. The molecule has 0 aliphatic carbocycles. The van der Waals surface area contributed by atoms with Gasteiger partial charge in [-0.3, -0.25) is 9.10 Å². The van der Waals surface area contributed by atoms with Crippen LogP contribution in [0.25, 0.3) is 17.0 Å². The molecule has 3 aromatic rings. The highest BCUT2D eigenvalue weighted by Crippen LogP contribution is 2.34. The van der Waals surface area contributed by atoms with Gasteiger partial charge < -0.3 is 14.6 Å². The first-order valence-corrected chi connectivity index (χ1v) is 13.3. The van der Waals surface area contributed by atoms with Gasteiger partial charge in [0, 0.05) is 42.8 Å². The Balaban J connectivity index is 1.19. The van der Waals surface area contributed by atoms with E-state index in [1.165, 1.54) is 15.3 Å². The highest BCUT2D eigenvalue weighted by atomic mass is 32.2. The number of hydrogen-bond acceptors (Lipinski definition) is 4. The quantitative estimate of drug-likeness (QED) is 0.558. The highest BCUT2D eigenvalue weighted by molar-refractivity contribution is 7.93. The van der Waals surface area contributed by atoms with Crippen LogP contribution < -0.4 is 9.04 Å². The molecule has 1 aromatic heterocycles. The number of piperidine rings is 1. The number of sulfonamides is 1. The van der Waals surface area contributed by atoms with Crippen LogP contribution in [-0.4, -0.2) is 56.7 Å². The number of carbonyl (C=O) groups excluding carboxylic acids is 1. The lowest BCUT2D eigenvalue weighted by Gasteiger charge is -2.31. The van der Waals surface area contributed by atoms with Crippen LogP contribution in [-0.2, 0) is 14.8 Å². The number of anilines is 1. The normalized spacial score (nSPS) is 18.7. The molecule has 0 spiro atoms. The number of likely N-dealkylation sites (tertiary alicyclic amines) is 1. The van der Waals surface area contributed by atoms with Crippen LogP contribution in [0.4, 0.5) is 5.69 Å². The van der Waals surface area contributed by atoms with Gasteiger partial charge in [-0.15, -0.1) is 0 Å². The number of fused-ring (bicyclic) bond motifs is 1. The van der Waals surface area contributed by atoms with Crippen molar-refractivity contribution in [3.63, 3.8) is 0 Å². The molecule has 0 radical (unpaired) electrons. The van der Waals surface area contributed by atoms with Gasteiger partial charge in [-0.25, -0.2) is 8.42 Å². The van der Waals surface area contributed by atoms with Crippen LogP contribution >= 0.6 is 0 Å². The van der Waals surface area contributed by atoms with Gasteiger partial charge in [-0.05, 0) is 72.7 Å². The molecular weight excluding hydrogens is 450 g/mol. The Morgan fingerprint density at radius 2 is 1.85 bits per heavy atom. The predicted molar refractivity (Wildman–Crippen MR) is 135 cm³/mol. The van der Waals surface area contributed by atoms with E-state index in [0.717, 1.165) is 42.8 Å². The van der Waals surface area contributed by atoms with Crippen molar-refractivity contribution >= 4 is 38.6 Å². The largest absolute Gasteiger partial charge is 0.497 e. The molecule has 3 heterocycles. The minimum atomic E-state index is -3.18. The third kappa shape index (κ3) is 4.42. The third-order valence-electron chi connectivity index (χ3n) is 6.87. The summed E-state index contributed by atoms with van der Waals surface area (Å²) in [5, 5.41) is 1.19. The van der Waals surface area contributed by atoms with E-state index in [-0.39, 0.29) is 11.7 Å². The number of H-pyrrole nitrogens is 1. The first kappa shape index (κ1) is 22.5. The van der Waals surface area contributed by atoms with Gasteiger partial charge in [0.15, 0.2) is 0 Å². The maximum absolute atomic E-state index is 12.8. The fourth-order valence-electron chi connectivity index (χ4n) is 4.95. The first-order chi connectivity index (χ1) is 16.4. The Bertz CT molecular complexity index is 1320. The first-order valence-electron chi connectivity index (χ1n) is 11.7. The summed E-state index contributed by atoms with van der Waals surface area (Å²) < 4.78 is 31.0. The van der Waals surface area contributed by atoms with Crippen LogP contribution in [0.1, 0.15) is 36.3 Å². The van der Waals surface area contributed by atoms with Gasteiger partial charge in [0.2, 0.25) is 15.9 Å². The molecule has 2 aliphatic heterocycles. The van der Waals surface area contributed by atoms with E-state index in [1.54, 1.807) is 31.4 Å². The zero-order valence-electron chi connectivity index (χ0n) is 19.2. The average Bonchev–Trinajstić information content (AvgIpc) is 3.45. The van der Waals surface area contributed by atoms with Crippen molar-refractivity contribution in [2.75, 3.05) is 36.8 Å². The zero-order valence-corrected chi connectivity index (χ0v) is 20.1. The zero-order chi connectivity index (χ0) is 23.7. The standard InChI is InChI=1S/C26H29N3O4S/c1-33-22-8-9-25-23(17-22)24(18-27-25)20-11-14-28(15-12-20)26(30)10-5-19-3-6-21(7-4-19)29-13-2-16-34(29,31)32/h3-10,17-18,20,27H,2,11-16H2,1H3/b10-5+. The Hall–Kier alpha value is -3.26. The molecular formula is C26H29N3O4S. The lowest BCUT2D eigenvalue weighted by Crippen LogP contribution is -2.36. The van der Waals surface area contributed by atoms with Crippen molar-refractivity contribution in [2.45, 2.75) is 25.2 Å². The predicted octanol–water partition coefficient (Wildman–Crippen LogP) is 4.14. The number of aromatic nitrogens is 1. The fraction of sp³-hybridized carbons (Fsp3) is 0.346. The maximum atomic E-state index is 12.8. The van der Waals surface area contributed by atoms with E-state index in [1.807, 2.05) is 29.2 Å². The number of ether oxygens (including phenoxy) is 1. The van der Waals surface area contributed by atoms with Crippen molar-refractivity contribution in [3.8, 4) is 5.75 Å². The smallest absolute Gasteiger partial charge is 0.246 e. The highest BCUT2D eigenvalue weighted by Gasteiger charge is 2.28. The van der Waals surface area contributed by atoms with Crippen molar-refractivity contribution in [1.29, 1.82) is 0 Å². The Labute approximate surface area is 200 Å². The molecule has 0 unspecified atom stereocenters. The summed E-state index contributed by atoms with van der Waals surface area (Å²) in [6.07, 6.45) is 7.99. The number of aromatic amines is 1. The molecule has 1 amide bonds. The molecule has 1 N–H and O–H groups in total. The summed E-state index contributed by atoms with van der Waals surface area (Å²) in [5.41, 5.74) is 3.94. The molecule has 2 aliphatic rings. The monoisotopic (exact) mass is 479 g/mol. The van der Waals surface area contributed by atoms with Crippen molar-refractivity contribution < 1.29 is 17.9 Å². The molecule has 178 valence electrons. The fourth-order valence-corrected chi connectivity index (χ4v) is 6.52. The summed E-state index contributed by atoms with van der Waals surface area (Å²) in [5.74, 6) is 1.46. The number of nitrogens with one attached hydrogen (secondary N) is 1. The second kappa shape index (κ2) is 9.18. The number of methoxy groups -OCH3 is 1. The number of carbonyl (C=O) groups is 1. The molecule has 34 heavy (non-hydrogen) atoms. The van der Waals surface area contributed by atoms with Gasteiger partial charge in [0.1, 0.15) is 5.75 Å². The second-order valence-electron chi connectivity index (χ2n) is 8.92. The van der Waals surface area contributed by atoms with E-state index in [9.17, 15) is 13.2 Å². The van der Waals surface area contributed by atoms with Crippen LogP contribution in [0.2, 0.25) is 0 Å². The van der Waals surface area contributed by atoms with Gasteiger partial charge in [-0.2, -0.15) is 0 Å². The molecule has 2 fully saturated rings. The SMILES string of the molecule is COc1ccc2[nH]cc(C3CCN(C(=O)/C=C/c4ccc(N5CCCS5(=O)=O)cc4)CC3)c2c1. The van der Waals surface area contributed by atoms with Gasteiger partial charge in [0.25, 0.3) is 0 Å². The molecule has 0 atom stereocenters. The minimum absolute atomic E-state index is 0.00485. The number of rotatable bonds is 5. The van der Waals surface area contributed by atoms with E-state index in [2.05, 4.69) is 17.2 Å². The van der Waals surface area contributed by atoms with Gasteiger partial charge in [-0.1, -0.05) is 12.1 Å². The lowest BCUT2D eigenvalue weighted by atomic mass is 9.89. The molecule has 8 heteroatoms. The van der Waals surface area contributed by atoms with Crippen molar-refractivity contribution in [3.05, 3.63) is 65.9 Å². The summed E-state index contributed by atoms with van der Waals surface area (Å²) in [6, 6.07) is 13.4. The van der Waals surface area contributed by atoms with E-state index >= 15 is 0 Å². The number of benzene rings is 2. The number of amides is 1. The molecule has 2 saturated heterocycles. The van der Waals surface area contributed by atoms with E-state index < -0.39 is 10.0 Å². The van der Waals surface area contributed by atoms with Crippen LogP contribution in [0, 0.1) is 0 Å². The topological polar surface area (TPSA) is 82.7 Å². The molecule has 0 bridgehead atoms. The summed E-state index contributed by atoms with van der Waals surface area (Å²) in [6.45, 7) is 1.96. The van der Waals surface area contributed by atoms with Crippen molar-refractivity contribution in [2.24, 2.45) is 0 Å². The summed E-state index contributed by atoms with van der Waals surface area (Å²) in [7, 11) is -1.51. The van der Waals surface area contributed by atoms with Crippen molar-refractivity contribution in [1.82, 2.24) is 9.88 Å². The Kier molecular flexibility index (Phi) is 6.08. The number of hydrogen-bond donors (Lipinski definition) is 1. The lowest BCUT2D eigenvalue weighted by molar-refractivity contribution is -0.126. The summed E-state index contributed by atoms with van der Waals surface area (Å²) >= 11 is 0. The van der Waals surface area contributed by atoms with Crippen LogP contribution in [0.5, 0.6) is 5.75 Å². The molecule has 2 aromatic carbocycles. The van der Waals surface area contributed by atoms with E-state index in [0.29, 0.717) is 24.6 Å². The Morgan fingerprint density at radius 1 is 1.09 bits per heavy atom. The second-order valence-corrected chi connectivity index (χ2v) is 10.9. The number of nitrogens with zero attached hydrogens (tertiary/aromatic N) is 2. The molecule has 0 saturated carbocycles. The van der Waals surface area contributed by atoms with Gasteiger partial charge >= 0.3 is 0 Å². The molecule has 5 rings (SSSR count). The van der Waals surface area contributed by atoms with E-state index in [4.69, 9.17) is 4.74 Å². The van der Waals surface area contributed by atoms with Gasteiger partial charge in [0.05, 0.1) is 18.6 Å².